The highest BCUT2D eigenvalue weighted by atomic mass is 32.2. The van der Waals surface area contributed by atoms with Crippen LogP contribution >= 0.6 is 0 Å². The minimum atomic E-state index is -3.38. The second-order valence-electron chi connectivity index (χ2n) is 4.75. The lowest BCUT2D eigenvalue weighted by molar-refractivity contribution is 0.589. The van der Waals surface area contributed by atoms with Gasteiger partial charge in [-0.05, 0) is 36.9 Å². The van der Waals surface area contributed by atoms with Crippen LogP contribution < -0.4 is 5.32 Å². The topological polar surface area (TPSA) is 74.9 Å². The van der Waals surface area contributed by atoms with Crippen LogP contribution in [0.25, 0.3) is 0 Å². The average Bonchev–Trinajstić information content (AvgIpc) is 2.93. The first-order chi connectivity index (χ1) is 10.0. The van der Waals surface area contributed by atoms with Gasteiger partial charge >= 0.3 is 0 Å². The molecule has 0 saturated carbocycles. The van der Waals surface area contributed by atoms with Crippen molar-refractivity contribution in [1.82, 2.24) is 9.88 Å². The van der Waals surface area contributed by atoms with E-state index < -0.39 is 9.84 Å². The number of sulfone groups is 1. The largest absolute Gasteiger partial charge is 0.353 e. The molecule has 0 spiro atoms. The number of hydrogen-bond acceptors (Lipinski definition) is 4. The molecule has 2 rings (SSSR count). The molecule has 110 valence electrons. The smallest absolute Gasteiger partial charge is 0.180 e. The summed E-state index contributed by atoms with van der Waals surface area (Å²) < 4.78 is 26.4. The molecule has 1 aromatic heterocycles. The molecule has 21 heavy (non-hydrogen) atoms. The summed E-state index contributed by atoms with van der Waals surface area (Å²) in [7, 11) is -1.52. The van der Waals surface area contributed by atoms with E-state index in [1.54, 1.807) is 12.1 Å². The van der Waals surface area contributed by atoms with Gasteiger partial charge in [0.1, 0.15) is 0 Å². The van der Waals surface area contributed by atoms with Crippen molar-refractivity contribution in [2.24, 2.45) is 0 Å². The molecular weight excluding hydrogens is 286 g/mol. The van der Waals surface area contributed by atoms with Crippen LogP contribution in [0, 0.1) is 11.3 Å². The second-order valence-corrected chi connectivity index (χ2v) is 6.86. The summed E-state index contributed by atoms with van der Waals surface area (Å²) in [5.41, 5.74) is 1.47. The highest BCUT2D eigenvalue weighted by Crippen LogP contribution is 2.13. The lowest BCUT2D eigenvalue weighted by Gasteiger charge is -2.06. The molecule has 5 nitrogen and oxygen atoms in total. The molecule has 2 aromatic rings. The third kappa shape index (κ3) is 3.94. The lowest BCUT2D eigenvalue weighted by Crippen LogP contribution is -2.12. The first-order valence-electron chi connectivity index (χ1n) is 6.57. The van der Waals surface area contributed by atoms with E-state index in [-0.39, 0.29) is 10.6 Å². The number of nitrogens with zero attached hydrogens (tertiary/aromatic N) is 2. The summed E-state index contributed by atoms with van der Waals surface area (Å²) in [5.74, 6) is 0.00948. The van der Waals surface area contributed by atoms with Gasteiger partial charge in [0.15, 0.2) is 9.84 Å². The average molecular weight is 303 g/mol. The Labute approximate surface area is 124 Å². The van der Waals surface area contributed by atoms with E-state index in [4.69, 9.17) is 5.26 Å². The Morgan fingerprint density at radius 3 is 2.86 bits per heavy atom. The lowest BCUT2D eigenvalue weighted by atomic mass is 10.2. The Balaban J connectivity index is 2.08. The molecular formula is C15H17N3O2S. The summed E-state index contributed by atoms with van der Waals surface area (Å²) in [6.07, 6.45) is 3.80. The number of benzene rings is 1. The van der Waals surface area contributed by atoms with Crippen molar-refractivity contribution in [2.45, 2.75) is 18.0 Å². The Hall–Kier alpha value is -2.10. The summed E-state index contributed by atoms with van der Waals surface area (Å²) in [5, 5.41) is 11.9. The van der Waals surface area contributed by atoms with Crippen molar-refractivity contribution in [3.8, 4) is 6.07 Å². The van der Waals surface area contributed by atoms with Gasteiger partial charge in [0.25, 0.3) is 0 Å². The van der Waals surface area contributed by atoms with Crippen molar-refractivity contribution < 1.29 is 8.42 Å². The fraction of sp³-hybridized carbons (Fsp3) is 0.267. The minimum absolute atomic E-state index is 0.00948. The van der Waals surface area contributed by atoms with Gasteiger partial charge in [0.2, 0.25) is 0 Å². The molecule has 1 N–H and O–H groups in total. The van der Waals surface area contributed by atoms with Crippen molar-refractivity contribution in [1.29, 1.82) is 5.26 Å². The molecule has 0 unspecified atom stereocenters. The third-order valence-electron chi connectivity index (χ3n) is 3.13. The van der Waals surface area contributed by atoms with Crippen LogP contribution in [0.3, 0.4) is 0 Å². The van der Waals surface area contributed by atoms with E-state index in [0.29, 0.717) is 12.1 Å². The van der Waals surface area contributed by atoms with Crippen LogP contribution in [0.15, 0.2) is 47.6 Å². The highest BCUT2D eigenvalue weighted by Gasteiger charge is 2.14. The molecule has 0 radical (unpaired) electrons. The van der Waals surface area contributed by atoms with Crippen molar-refractivity contribution in [3.05, 3.63) is 53.9 Å². The maximum absolute atomic E-state index is 12.3. The van der Waals surface area contributed by atoms with Crippen LogP contribution in [0.5, 0.6) is 0 Å². The molecule has 0 bridgehead atoms. The fourth-order valence-electron chi connectivity index (χ4n) is 2.04. The van der Waals surface area contributed by atoms with Crippen LogP contribution in [0.2, 0.25) is 0 Å². The number of aromatic nitrogens is 1. The van der Waals surface area contributed by atoms with Crippen molar-refractivity contribution in [2.75, 3.05) is 12.8 Å². The molecule has 0 fully saturated rings. The van der Waals surface area contributed by atoms with E-state index in [1.807, 2.05) is 36.1 Å². The molecule has 0 aliphatic heterocycles. The van der Waals surface area contributed by atoms with E-state index >= 15 is 0 Å². The number of nitriles is 1. The monoisotopic (exact) mass is 303 g/mol. The number of rotatable bonds is 6. The summed E-state index contributed by atoms with van der Waals surface area (Å²) >= 11 is 0. The van der Waals surface area contributed by atoms with Gasteiger partial charge in [-0.2, -0.15) is 5.26 Å². The second kappa shape index (κ2) is 6.57. The SMILES string of the molecule is CNCc1ccn(CCS(=O)(=O)c2cccc(C#N)c2)c1. The molecule has 0 saturated heterocycles. The first-order valence-corrected chi connectivity index (χ1v) is 8.22. The quantitative estimate of drug-likeness (QED) is 0.878. The van der Waals surface area contributed by atoms with Crippen LogP contribution in [0.4, 0.5) is 0 Å². The van der Waals surface area contributed by atoms with Gasteiger partial charge in [0.05, 0.1) is 22.3 Å². The van der Waals surface area contributed by atoms with Gasteiger partial charge in [-0.15, -0.1) is 0 Å². The Kier molecular flexibility index (Phi) is 4.78. The van der Waals surface area contributed by atoms with E-state index in [0.717, 1.165) is 12.1 Å². The Morgan fingerprint density at radius 1 is 1.33 bits per heavy atom. The van der Waals surface area contributed by atoms with Gasteiger partial charge < -0.3 is 9.88 Å². The molecule has 0 amide bonds. The van der Waals surface area contributed by atoms with E-state index in [1.165, 1.54) is 12.1 Å². The van der Waals surface area contributed by atoms with Crippen molar-refractivity contribution in [3.63, 3.8) is 0 Å². The van der Waals surface area contributed by atoms with Crippen LogP contribution in [-0.2, 0) is 22.9 Å². The Morgan fingerprint density at radius 2 is 2.14 bits per heavy atom. The molecule has 0 atom stereocenters. The van der Waals surface area contributed by atoms with Gasteiger partial charge in [-0.25, -0.2) is 8.42 Å². The molecule has 0 aliphatic carbocycles. The van der Waals surface area contributed by atoms with E-state index in [2.05, 4.69) is 5.32 Å². The maximum Gasteiger partial charge on any atom is 0.180 e. The predicted octanol–water partition coefficient (Wildman–Crippen LogP) is 1.55. The zero-order valence-corrected chi connectivity index (χ0v) is 12.6. The van der Waals surface area contributed by atoms with Gasteiger partial charge in [0, 0.05) is 25.5 Å². The maximum atomic E-state index is 12.3. The summed E-state index contributed by atoms with van der Waals surface area (Å²) in [6.45, 7) is 1.15. The number of nitrogens with one attached hydrogen (secondary N) is 1. The van der Waals surface area contributed by atoms with Crippen LogP contribution in [-0.4, -0.2) is 25.8 Å². The normalized spacial score (nSPS) is 11.2. The predicted molar refractivity (Wildman–Crippen MR) is 80.4 cm³/mol. The first kappa shape index (κ1) is 15.3. The zero-order chi connectivity index (χ0) is 15.3. The summed E-state index contributed by atoms with van der Waals surface area (Å²) in [4.78, 5) is 0.198. The minimum Gasteiger partial charge on any atom is -0.353 e. The van der Waals surface area contributed by atoms with E-state index in [9.17, 15) is 8.42 Å². The standard InChI is InChI=1S/C15H17N3O2S/c1-17-11-14-5-6-18(12-14)7-8-21(19,20)15-4-2-3-13(9-15)10-16/h2-6,9,12,17H,7-8,11H2,1H3. The molecule has 1 heterocycles. The Bertz CT molecular complexity index is 757. The van der Waals surface area contributed by atoms with Crippen LogP contribution in [0.1, 0.15) is 11.1 Å². The number of hydrogen-bond donors (Lipinski definition) is 1. The number of aryl methyl sites for hydroxylation is 1. The molecule has 6 heteroatoms. The zero-order valence-electron chi connectivity index (χ0n) is 11.8. The fourth-order valence-corrected chi connectivity index (χ4v) is 3.32. The summed E-state index contributed by atoms with van der Waals surface area (Å²) in [6, 6.07) is 10.0. The third-order valence-corrected chi connectivity index (χ3v) is 4.83. The van der Waals surface area contributed by atoms with Gasteiger partial charge in [-0.1, -0.05) is 6.07 Å². The van der Waals surface area contributed by atoms with Gasteiger partial charge in [-0.3, -0.25) is 0 Å². The highest BCUT2D eigenvalue weighted by molar-refractivity contribution is 7.91. The van der Waals surface area contributed by atoms with Crippen molar-refractivity contribution >= 4 is 9.84 Å². The molecule has 0 aliphatic rings. The molecule has 1 aromatic carbocycles.